The van der Waals surface area contributed by atoms with E-state index in [0.717, 1.165) is 5.56 Å². The van der Waals surface area contributed by atoms with Crippen LogP contribution in [0.1, 0.15) is 26.3 Å². The molecule has 0 aliphatic heterocycles. The lowest BCUT2D eigenvalue weighted by Crippen LogP contribution is -2.22. The summed E-state index contributed by atoms with van der Waals surface area (Å²) < 4.78 is 1.89. The molecule has 0 aliphatic carbocycles. The van der Waals surface area contributed by atoms with Gasteiger partial charge in [-0.25, -0.2) is 0 Å². The summed E-state index contributed by atoms with van der Waals surface area (Å²) in [5, 5.41) is 4.18. The number of hydrogen-bond donors (Lipinski definition) is 1. The maximum Gasteiger partial charge on any atom is 0.148 e. The summed E-state index contributed by atoms with van der Waals surface area (Å²) in [4.78, 5) is 0. The number of nitrogen functional groups attached to an aromatic ring is 1. The Morgan fingerprint density at radius 3 is 2.18 bits per heavy atom. The average Bonchev–Trinajstić information content (AvgIpc) is 2.11. The summed E-state index contributed by atoms with van der Waals surface area (Å²) in [6, 6.07) is 0. The van der Waals surface area contributed by atoms with Crippen LogP contribution in [-0.2, 0) is 5.54 Å². The van der Waals surface area contributed by atoms with Crippen molar-refractivity contribution in [2.45, 2.75) is 33.2 Å². The Morgan fingerprint density at radius 2 is 2.00 bits per heavy atom. The molecule has 0 spiro atoms. The van der Waals surface area contributed by atoms with Gasteiger partial charge < -0.3 is 5.73 Å². The predicted octanol–water partition coefficient (Wildman–Crippen LogP) is 1.53. The van der Waals surface area contributed by atoms with Crippen molar-refractivity contribution in [1.82, 2.24) is 9.78 Å². The minimum Gasteiger partial charge on any atom is -0.382 e. The molecule has 0 saturated heterocycles. The normalized spacial score (nSPS) is 12.0. The highest BCUT2D eigenvalue weighted by Crippen LogP contribution is 2.16. The number of nitrogens with two attached hydrogens (primary N) is 1. The van der Waals surface area contributed by atoms with Crippen LogP contribution in [0.25, 0.3) is 0 Å². The van der Waals surface area contributed by atoms with Crippen molar-refractivity contribution in [3.05, 3.63) is 11.8 Å². The summed E-state index contributed by atoms with van der Waals surface area (Å²) in [5.74, 6) is 0.625. The molecule has 0 aromatic carbocycles. The lowest BCUT2D eigenvalue weighted by atomic mass is 10.1. The number of anilines is 1. The highest BCUT2D eigenvalue weighted by molar-refractivity contribution is 5.35. The van der Waals surface area contributed by atoms with E-state index in [1.54, 1.807) is 0 Å². The Balaban J connectivity index is 3.08. The number of rotatable bonds is 0. The van der Waals surface area contributed by atoms with Gasteiger partial charge >= 0.3 is 0 Å². The molecule has 0 fully saturated rings. The molecule has 1 rings (SSSR count). The van der Waals surface area contributed by atoms with Crippen LogP contribution in [-0.4, -0.2) is 9.78 Å². The zero-order chi connectivity index (χ0) is 8.65. The van der Waals surface area contributed by atoms with E-state index >= 15 is 0 Å². The maximum atomic E-state index is 5.61. The maximum absolute atomic E-state index is 5.61. The van der Waals surface area contributed by atoms with Crippen molar-refractivity contribution in [3.8, 4) is 0 Å². The zero-order valence-corrected chi connectivity index (χ0v) is 7.55. The Bertz CT molecular complexity index is 235. The van der Waals surface area contributed by atoms with E-state index in [4.69, 9.17) is 5.73 Å². The van der Waals surface area contributed by atoms with Gasteiger partial charge in [0.2, 0.25) is 0 Å². The van der Waals surface area contributed by atoms with Gasteiger partial charge in [-0.3, -0.25) is 4.68 Å². The third kappa shape index (κ3) is 1.53. The van der Waals surface area contributed by atoms with Crippen LogP contribution in [0, 0.1) is 6.92 Å². The van der Waals surface area contributed by atoms with Crippen LogP contribution in [0.15, 0.2) is 6.20 Å². The molecular formula is C8H15N3. The van der Waals surface area contributed by atoms with Crippen molar-refractivity contribution in [1.29, 1.82) is 0 Å². The van der Waals surface area contributed by atoms with Gasteiger partial charge in [-0.05, 0) is 27.7 Å². The Kier molecular flexibility index (Phi) is 1.66. The quantitative estimate of drug-likeness (QED) is 0.614. The van der Waals surface area contributed by atoms with Crippen LogP contribution >= 0.6 is 0 Å². The molecule has 0 radical (unpaired) electrons. The molecule has 0 amide bonds. The van der Waals surface area contributed by atoms with E-state index in [2.05, 4.69) is 25.9 Å². The van der Waals surface area contributed by atoms with E-state index in [-0.39, 0.29) is 5.54 Å². The van der Waals surface area contributed by atoms with E-state index in [1.807, 2.05) is 17.8 Å². The molecule has 0 atom stereocenters. The van der Waals surface area contributed by atoms with Crippen LogP contribution in [0.5, 0.6) is 0 Å². The summed E-state index contributed by atoms with van der Waals surface area (Å²) in [7, 11) is 0. The molecule has 1 aromatic heterocycles. The van der Waals surface area contributed by atoms with Crippen molar-refractivity contribution in [2.24, 2.45) is 0 Å². The van der Waals surface area contributed by atoms with Gasteiger partial charge in [-0.15, -0.1) is 0 Å². The second-order valence-corrected chi connectivity index (χ2v) is 3.81. The molecule has 2 N–H and O–H groups in total. The second-order valence-electron chi connectivity index (χ2n) is 3.81. The number of aromatic nitrogens is 2. The topological polar surface area (TPSA) is 43.8 Å². The molecule has 3 nitrogen and oxygen atoms in total. The number of hydrogen-bond acceptors (Lipinski definition) is 2. The van der Waals surface area contributed by atoms with Gasteiger partial charge in [0.25, 0.3) is 0 Å². The SMILES string of the molecule is Cc1cn(C(C)(C)C)nc1N. The molecule has 0 saturated carbocycles. The minimum absolute atomic E-state index is 0.0301. The second kappa shape index (κ2) is 2.26. The predicted molar refractivity (Wildman–Crippen MR) is 46.4 cm³/mol. The minimum atomic E-state index is 0.0301. The third-order valence-corrected chi connectivity index (χ3v) is 1.62. The van der Waals surface area contributed by atoms with E-state index in [9.17, 15) is 0 Å². The van der Waals surface area contributed by atoms with Crippen LogP contribution in [0.3, 0.4) is 0 Å². The number of aryl methyl sites for hydroxylation is 1. The molecule has 0 bridgehead atoms. The lowest BCUT2D eigenvalue weighted by Gasteiger charge is -2.18. The summed E-state index contributed by atoms with van der Waals surface area (Å²) in [6.07, 6.45) is 1.97. The van der Waals surface area contributed by atoms with Crippen LogP contribution in [0.2, 0.25) is 0 Å². The Labute approximate surface area is 67.2 Å². The van der Waals surface area contributed by atoms with Gasteiger partial charge in [0, 0.05) is 11.8 Å². The first-order chi connectivity index (χ1) is 4.91. The Hall–Kier alpha value is -0.990. The van der Waals surface area contributed by atoms with Crippen molar-refractivity contribution < 1.29 is 0 Å². The first-order valence-electron chi connectivity index (χ1n) is 3.73. The molecule has 1 heterocycles. The first-order valence-corrected chi connectivity index (χ1v) is 3.73. The van der Waals surface area contributed by atoms with E-state index < -0.39 is 0 Å². The zero-order valence-electron chi connectivity index (χ0n) is 7.55. The molecule has 0 aliphatic rings. The van der Waals surface area contributed by atoms with Gasteiger partial charge in [0.05, 0.1) is 5.54 Å². The fourth-order valence-electron chi connectivity index (χ4n) is 0.817. The van der Waals surface area contributed by atoms with Gasteiger partial charge in [0.15, 0.2) is 0 Å². The van der Waals surface area contributed by atoms with Crippen molar-refractivity contribution in [2.75, 3.05) is 5.73 Å². The Morgan fingerprint density at radius 1 is 1.45 bits per heavy atom. The van der Waals surface area contributed by atoms with E-state index in [0.29, 0.717) is 5.82 Å². The summed E-state index contributed by atoms with van der Waals surface area (Å²) in [5.41, 5.74) is 6.68. The lowest BCUT2D eigenvalue weighted by molar-refractivity contribution is 0.356. The monoisotopic (exact) mass is 153 g/mol. The van der Waals surface area contributed by atoms with Gasteiger partial charge in [0.1, 0.15) is 5.82 Å². The highest BCUT2D eigenvalue weighted by Gasteiger charge is 2.14. The van der Waals surface area contributed by atoms with Crippen LogP contribution in [0.4, 0.5) is 5.82 Å². The summed E-state index contributed by atoms with van der Waals surface area (Å²) >= 11 is 0. The molecule has 3 heteroatoms. The largest absolute Gasteiger partial charge is 0.382 e. The third-order valence-electron chi connectivity index (χ3n) is 1.62. The first kappa shape index (κ1) is 8.11. The average molecular weight is 153 g/mol. The molecule has 62 valence electrons. The smallest absolute Gasteiger partial charge is 0.148 e. The van der Waals surface area contributed by atoms with E-state index in [1.165, 1.54) is 0 Å². The summed E-state index contributed by atoms with van der Waals surface area (Å²) in [6.45, 7) is 8.25. The van der Waals surface area contributed by atoms with Gasteiger partial charge in [-0.2, -0.15) is 5.10 Å². The molecule has 0 unspecified atom stereocenters. The highest BCUT2D eigenvalue weighted by atomic mass is 15.3. The standard InChI is InChI=1S/C8H15N3/c1-6-5-11(8(2,3)4)10-7(6)9/h5H,1-4H3,(H2,9,10). The fourth-order valence-corrected chi connectivity index (χ4v) is 0.817. The number of nitrogens with zero attached hydrogens (tertiary/aromatic N) is 2. The molecule has 1 aromatic rings. The molecule has 11 heavy (non-hydrogen) atoms. The van der Waals surface area contributed by atoms with Gasteiger partial charge in [-0.1, -0.05) is 0 Å². The molecular weight excluding hydrogens is 138 g/mol. The van der Waals surface area contributed by atoms with Crippen molar-refractivity contribution in [3.63, 3.8) is 0 Å². The van der Waals surface area contributed by atoms with Crippen molar-refractivity contribution >= 4 is 5.82 Å². The fraction of sp³-hybridized carbons (Fsp3) is 0.625. The van der Waals surface area contributed by atoms with Crippen LogP contribution < -0.4 is 5.73 Å².